The quantitative estimate of drug-likeness (QED) is 0.875. The van der Waals surface area contributed by atoms with Crippen molar-refractivity contribution in [2.24, 2.45) is 0 Å². The van der Waals surface area contributed by atoms with Gasteiger partial charge >= 0.3 is 0 Å². The Bertz CT molecular complexity index is 653. The molecule has 110 valence electrons. The Kier molecular flexibility index (Phi) is 4.03. The molecule has 5 heteroatoms. The molecule has 1 aliphatic heterocycles. The first kappa shape index (κ1) is 14.2. The van der Waals surface area contributed by atoms with E-state index >= 15 is 0 Å². The molecule has 21 heavy (non-hydrogen) atoms. The number of amides is 1. The van der Waals surface area contributed by atoms with Crippen LogP contribution in [0.1, 0.15) is 26.6 Å². The van der Waals surface area contributed by atoms with Gasteiger partial charge in [-0.15, -0.1) is 11.3 Å². The topological polar surface area (TPSA) is 42.4 Å². The van der Waals surface area contributed by atoms with Gasteiger partial charge in [-0.2, -0.15) is 0 Å². The van der Waals surface area contributed by atoms with E-state index in [2.05, 4.69) is 17.1 Å². The molecule has 4 nitrogen and oxygen atoms in total. The van der Waals surface area contributed by atoms with Crippen molar-refractivity contribution in [2.75, 3.05) is 13.6 Å². The van der Waals surface area contributed by atoms with Gasteiger partial charge in [0.25, 0.3) is 5.91 Å². The summed E-state index contributed by atoms with van der Waals surface area (Å²) in [4.78, 5) is 18.2. The molecule has 0 spiro atoms. The van der Waals surface area contributed by atoms with Crippen LogP contribution in [0.15, 0.2) is 29.6 Å². The fourth-order valence-electron chi connectivity index (χ4n) is 2.57. The Labute approximate surface area is 128 Å². The Hall–Kier alpha value is -1.72. The van der Waals surface area contributed by atoms with Crippen molar-refractivity contribution in [1.29, 1.82) is 0 Å². The number of nitrogens with zero attached hydrogens (tertiary/aromatic N) is 2. The largest absolute Gasteiger partial charge is 0.371 e. The molecule has 1 aromatic carbocycles. The summed E-state index contributed by atoms with van der Waals surface area (Å²) in [5.41, 5.74) is 3.09. The van der Waals surface area contributed by atoms with Crippen LogP contribution in [0.3, 0.4) is 0 Å². The van der Waals surface area contributed by atoms with E-state index in [4.69, 9.17) is 4.74 Å². The lowest BCUT2D eigenvalue weighted by Gasteiger charge is -2.28. The van der Waals surface area contributed by atoms with Gasteiger partial charge in [0.05, 0.1) is 17.7 Å². The van der Waals surface area contributed by atoms with Crippen LogP contribution >= 0.6 is 11.3 Å². The number of hydrogen-bond acceptors (Lipinski definition) is 4. The number of aryl methyl sites for hydroxylation is 1. The van der Waals surface area contributed by atoms with E-state index in [1.807, 2.05) is 24.4 Å². The van der Waals surface area contributed by atoms with Gasteiger partial charge in [-0.1, -0.05) is 24.3 Å². The minimum atomic E-state index is -0.0400. The predicted molar refractivity (Wildman–Crippen MR) is 82.5 cm³/mol. The molecular weight excluding hydrogens is 284 g/mol. The van der Waals surface area contributed by atoms with Crippen LogP contribution in [0.4, 0.5) is 0 Å². The van der Waals surface area contributed by atoms with Gasteiger partial charge in [0.1, 0.15) is 5.69 Å². The third-order valence-corrected chi connectivity index (χ3v) is 4.48. The normalized spacial score (nSPS) is 17.3. The van der Waals surface area contributed by atoms with Crippen LogP contribution in [-0.2, 0) is 17.8 Å². The fourth-order valence-corrected chi connectivity index (χ4v) is 3.16. The summed E-state index contributed by atoms with van der Waals surface area (Å²) < 4.78 is 5.85. The Balaban J connectivity index is 1.63. The minimum absolute atomic E-state index is 0.0400. The number of hydrogen-bond donors (Lipinski definition) is 0. The van der Waals surface area contributed by atoms with E-state index in [1.165, 1.54) is 22.5 Å². The molecular formula is C16H18N2O2S. The maximum atomic E-state index is 12.3. The first-order valence-electron chi connectivity index (χ1n) is 6.99. The highest BCUT2D eigenvalue weighted by atomic mass is 32.1. The number of carbonyl (C=O) groups is 1. The highest BCUT2D eigenvalue weighted by Crippen LogP contribution is 2.21. The fraction of sp³-hybridized carbons (Fsp3) is 0.375. The van der Waals surface area contributed by atoms with Gasteiger partial charge in [0.15, 0.2) is 0 Å². The molecule has 1 amide bonds. The number of carbonyl (C=O) groups excluding carboxylic acids is 1. The molecule has 2 aromatic rings. The van der Waals surface area contributed by atoms with Gasteiger partial charge in [0.2, 0.25) is 0 Å². The van der Waals surface area contributed by atoms with Crippen LogP contribution < -0.4 is 0 Å². The smallest absolute Gasteiger partial charge is 0.273 e. The second kappa shape index (κ2) is 5.95. The summed E-state index contributed by atoms with van der Waals surface area (Å²) in [5, 5.41) is 2.72. The average Bonchev–Trinajstić information content (AvgIpc) is 2.93. The third-order valence-electron chi connectivity index (χ3n) is 3.70. The molecule has 0 saturated carbocycles. The molecule has 1 aromatic heterocycles. The Morgan fingerprint density at radius 1 is 1.43 bits per heavy atom. The van der Waals surface area contributed by atoms with Crippen LogP contribution in [0.5, 0.6) is 0 Å². The number of likely N-dealkylation sites (N-methyl/N-ethyl adjacent to an activating group) is 1. The summed E-state index contributed by atoms with van der Waals surface area (Å²) in [6.45, 7) is 3.12. The van der Waals surface area contributed by atoms with E-state index < -0.39 is 0 Å². The van der Waals surface area contributed by atoms with Crippen molar-refractivity contribution in [3.05, 3.63) is 51.5 Å². The molecule has 0 radical (unpaired) electrons. The lowest BCUT2D eigenvalue weighted by Crippen LogP contribution is -2.38. The van der Waals surface area contributed by atoms with Crippen molar-refractivity contribution >= 4 is 17.2 Å². The standard InChI is InChI=1S/C16H18N2O2S/c1-11-17-15(10-21-11)16(19)18(2)8-14-7-12-5-3-4-6-13(12)9-20-14/h3-6,10,14H,7-9H2,1-2H3. The molecule has 0 bridgehead atoms. The third kappa shape index (κ3) is 3.14. The lowest BCUT2D eigenvalue weighted by atomic mass is 9.99. The van der Waals surface area contributed by atoms with Crippen LogP contribution in [-0.4, -0.2) is 35.5 Å². The SMILES string of the molecule is Cc1nc(C(=O)N(C)CC2Cc3ccccc3CO2)cs1. The maximum Gasteiger partial charge on any atom is 0.273 e. The van der Waals surface area contributed by atoms with Crippen LogP contribution in [0, 0.1) is 6.92 Å². The number of rotatable bonds is 3. The zero-order chi connectivity index (χ0) is 14.8. The number of ether oxygens (including phenoxy) is 1. The Morgan fingerprint density at radius 3 is 2.90 bits per heavy atom. The zero-order valence-electron chi connectivity index (χ0n) is 12.2. The molecule has 2 heterocycles. The zero-order valence-corrected chi connectivity index (χ0v) is 13.0. The number of benzene rings is 1. The molecule has 0 N–H and O–H groups in total. The monoisotopic (exact) mass is 302 g/mol. The molecule has 0 aliphatic carbocycles. The van der Waals surface area contributed by atoms with E-state index in [1.54, 1.807) is 11.9 Å². The number of aromatic nitrogens is 1. The summed E-state index contributed by atoms with van der Waals surface area (Å²) >= 11 is 1.50. The maximum absolute atomic E-state index is 12.3. The molecule has 1 aliphatic rings. The summed E-state index contributed by atoms with van der Waals surface area (Å²) in [6, 6.07) is 8.31. The van der Waals surface area contributed by atoms with Gasteiger partial charge in [-0.3, -0.25) is 4.79 Å². The summed E-state index contributed by atoms with van der Waals surface area (Å²) in [6.07, 6.45) is 0.901. The highest BCUT2D eigenvalue weighted by molar-refractivity contribution is 7.09. The van der Waals surface area contributed by atoms with E-state index in [9.17, 15) is 4.79 Å². The van der Waals surface area contributed by atoms with Crippen LogP contribution in [0.2, 0.25) is 0 Å². The van der Waals surface area contributed by atoms with E-state index in [0.717, 1.165) is 11.4 Å². The molecule has 1 atom stereocenters. The van der Waals surface area contributed by atoms with E-state index in [0.29, 0.717) is 18.8 Å². The molecule has 3 rings (SSSR count). The second-order valence-corrected chi connectivity index (χ2v) is 6.41. The average molecular weight is 302 g/mol. The van der Waals surface area contributed by atoms with Crippen molar-refractivity contribution in [3.63, 3.8) is 0 Å². The second-order valence-electron chi connectivity index (χ2n) is 5.34. The molecule has 1 unspecified atom stereocenters. The summed E-state index contributed by atoms with van der Waals surface area (Å²) in [7, 11) is 1.81. The van der Waals surface area contributed by atoms with E-state index in [-0.39, 0.29) is 12.0 Å². The molecule has 0 saturated heterocycles. The van der Waals surface area contributed by atoms with Crippen LogP contribution in [0.25, 0.3) is 0 Å². The first-order chi connectivity index (χ1) is 10.1. The van der Waals surface area contributed by atoms with Gasteiger partial charge < -0.3 is 9.64 Å². The Morgan fingerprint density at radius 2 is 2.19 bits per heavy atom. The minimum Gasteiger partial charge on any atom is -0.371 e. The van der Waals surface area contributed by atoms with Crippen molar-refractivity contribution in [3.8, 4) is 0 Å². The van der Waals surface area contributed by atoms with Gasteiger partial charge in [-0.25, -0.2) is 4.98 Å². The number of thiazole rings is 1. The molecule has 0 fully saturated rings. The summed E-state index contributed by atoms with van der Waals surface area (Å²) in [5.74, 6) is -0.0400. The lowest BCUT2D eigenvalue weighted by molar-refractivity contribution is 0.00974. The van der Waals surface area contributed by atoms with Crippen molar-refractivity contribution < 1.29 is 9.53 Å². The highest BCUT2D eigenvalue weighted by Gasteiger charge is 2.23. The predicted octanol–water partition coefficient (Wildman–Crippen LogP) is 2.67. The van der Waals surface area contributed by atoms with Gasteiger partial charge in [-0.05, 0) is 18.1 Å². The van der Waals surface area contributed by atoms with Crippen molar-refractivity contribution in [2.45, 2.75) is 26.1 Å². The van der Waals surface area contributed by atoms with Crippen molar-refractivity contribution in [1.82, 2.24) is 9.88 Å². The number of fused-ring (bicyclic) bond motifs is 1. The van der Waals surface area contributed by atoms with Gasteiger partial charge in [0, 0.05) is 25.4 Å². The first-order valence-corrected chi connectivity index (χ1v) is 7.87.